The molecule has 0 rings (SSSR count). The molecule has 0 bridgehead atoms. The molecule has 0 aliphatic rings. The van der Waals surface area contributed by atoms with Crippen LogP contribution in [0, 0.1) is 0 Å². The number of hydrogen-bond acceptors (Lipinski definition) is 6. The quantitative estimate of drug-likeness (QED) is 0.209. The van der Waals surface area contributed by atoms with Crippen molar-refractivity contribution in [3.63, 3.8) is 0 Å². The van der Waals surface area contributed by atoms with Crippen molar-refractivity contribution in [1.82, 2.24) is 0 Å². The van der Waals surface area contributed by atoms with Crippen LogP contribution in [0.25, 0.3) is 0 Å². The van der Waals surface area contributed by atoms with Gasteiger partial charge in [0.05, 0.1) is 5.60 Å². The van der Waals surface area contributed by atoms with Crippen LogP contribution < -0.4 is 0 Å². The van der Waals surface area contributed by atoms with Crippen LogP contribution >= 0.6 is 0 Å². The van der Waals surface area contributed by atoms with Gasteiger partial charge in [0, 0.05) is 10.4 Å². The predicted molar refractivity (Wildman–Crippen MR) is 33.9 cm³/mol. The van der Waals surface area contributed by atoms with Gasteiger partial charge in [-0.05, 0) is 20.8 Å². The third-order valence-electron chi connectivity index (χ3n) is 0.274. The third kappa shape index (κ3) is 81.6. The molecule has 0 aliphatic carbocycles. The predicted octanol–water partition coefficient (Wildman–Crippen LogP) is -0.0660. The van der Waals surface area contributed by atoms with Gasteiger partial charge in [-0.25, -0.2) is 4.89 Å². The van der Waals surface area contributed by atoms with Crippen LogP contribution in [0.3, 0.4) is 0 Å². The largest absolute Gasteiger partial charge is 2.00 e. The van der Waals surface area contributed by atoms with Crippen LogP contribution in [0.5, 0.6) is 0 Å². The maximum absolute atomic E-state index is 8.52. The summed E-state index contributed by atoms with van der Waals surface area (Å²) in [7, 11) is -5.17. The first-order valence-electron chi connectivity index (χ1n) is 2.55. The van der Waals surface area contributed by atoms with Gasteiger partial charge < -0.3 is 9.11 Å². The summed E-state index contributed by atoms with van der Waals surface area (Å²) < 4.78 is 34.1. The molecule has 0 spiro atoms. The fourth-order valence-electron chi connectivity index (χ4n) is 0. The molecule has 0 saturated carbocycles. The molecule has 0 aromatic rings. The standard InChI is InChI=1S/C4H10O2.Fe.H2O4S/c1-4(2,3)6-5;;1-5(2,3)4/h5H,1-3H3;;(H2,1,2,3,4)/q;+2;/p-2. The van der Waals surface area contributed by atoms with Crippen molar-refractivity contribution < 1.29 is 44.7 Å². The molecule has 76 valence electrons. The van der Waals surface area contributed by atoms with Crippen LogP contribution in [0.2, 0.25) is 0 Å². The van der Waals surface area contributed by atoms with Gasteiger partial charge in [0.1, 0.15) is 0 Å². The van der Waals surface area contributed by atoms with Crippen molar-refractivity contribution in [2.75, 3.05) is 0 Å². The summed E-state index contributed by atoms with van der Waals surface area (Å²) in [5, 5.41) is 7.90. The Balaban J connectivity index is -0.000000126. The minimum Gasteiger partial charge on any atom is -0.759 e. The van der Waals surface area contributed by atoms with E-state index in [0.717, 1.165) is 0 Å². The van der Waals surface area contributed by atoms with E-state index in [4.69, 9.17) is 22.8 Å². The first-order chi connectivity index (χ1) is 4.56. The molecule has 0 aliphatic heterocycles. The van der Waals surface area contributed by atoms with Crippen LogP contribution in [-0.4, -0.2) is 28.4 Å². The van der Waals surface area contributed by atoms with Crippen LogP contribution in [0.4, 0.5) is 0 Å². The summed E-state index contributed by atoms with van der Waals surface area (Å²) in [5.41, 5.74) is -0.403. The smallest absolute Gasteiger partial charge is 0.759 e. The minimum atomic E-state index is -5.17. The van der Waals surface area contributed by atoms with E-state index in [1.165, 1.54) is 0 Å². The summed E-state index contributed by atoms with van der Waals surface area (Å²) >= 11 is 0. The fourth-order valence-corrected chi connectivity index (χ4v) is 0. The molecular weight excluding hydrogens is 232 g/mol. The van der Waals surface area contributed by atoms with Crippen molar-refractivity contribution in [2.45, 2.75) is 26.4 Å². The van der Waals surface area contributed by atoms with Gasteiger partial charge in [-0.2, -0.15) is 0 Å². The molecule has 0 unspecified atom stereocenters. The van der Waals surface area contributed by atoms with E-state index in [2.05, 4.69) is 4.89 Å². The molecule has 6 nitrogen and oxygen atoms in total. The average Bonchev–Trinajstić information content (AvgIpc) is 1.59. The molecule has 0 fully saturated rings. The Bertz CT molecular complexity index is 172. The number of hydrogen-bond donors (Lipinski definition) is 1. The fraction of sp³-hybridized carbons (Fsp3) is 1.00. The summed E-state index contributed by atoms with van der Waals surface area (Å²) in [6.07, 6.45) is 0. The van der Waals surface area contributed by atoms with Gasteiger partial charge in [0.2, 0.25) is 0 Å². The first kappa shape index (κ1) is 18.2. The van der Waals surface area contributed by atoms with Crippen molar-refractivity contribution in [3.8, 4) is 0 Å². The second-order valence-corrected chi connectivity index (χ2v) is 3.43. The van der Waals surface area contributed by atoms with E-state index in [0.29, 0.717) is 0 Å². The Morgan fingerprint density at radius 2 is 1.33 bits per heavy atom. The molecule has 0 heterocycles. The topological polar surface area (TPSA) is 110 Å². The zero-order valence-electron chi connectivity index (χ0n) is 6.75. The monoisotopic (exact) mass is 242 g/mol. The van der Waals surface area contributed by atoms with Crippen LogP contribution in [-0.2, 0) is 32.4 Å². The summed E-state index contributed by atoms with van der Waals surface area (Å²) in [5.74, 6) is 0. The van der Waals surface area contributed by atoms with Crippen LogP contribution in [0.1, 0.15) is 20.8 Å². The second-order valence-electron chi connectivity index (χ2n) is 2.61. The number of rotatable bonds is 0. The Kier molecular flexibility index (Phi) is 10.3. The Labute approximate surface area is 81.9 Å². The molecule has 0 aromatic carbocycles. The summed E-state index contributed by atoms with van der Waals surface area (Å²) in [4.78, 5) is 3.94. The molecule has 8 heteroatoms. The van der Waals surface area contributed by atoms with Gasteiger partial charge in [0.15, 0.2) is 0 Å². The zero-order chi connectivity index (χ0) is 9.71. The van der Waals surface area contributed by atoms with Gasteiger partial charge in [0.25, 0.3) is 0 Å². The maximum atomic E-state index is 8.52. The van der Waals surface area contributed by atoms with Gasteiger partial charge in [-0.3, -0.25) is 13.7 Å². The van der Waals surface area contributed by atoms with Crippen molar-refractivity contribution in [2.24, 2.45) is 0 Å². The van der Waals surface area contributed by atoms with E-state index in [-0.39, 0.29) is 17.1 Å². The average molecular weight is 242 g/mol. The SMILES string of the molecule is CC(C)(C)OO.O=S(=O)([O-])[O-].[Fe+2]. The van der Waals surface area contributed by atoms with E-state index in [9.17, 15) is 0 Å². The minimum absolute atomic E-state index is 0. The van der Waals surface area contributed by atoms with Crippen molar-refractivity contribution >= 4 is 10.4 Å². The van der Waals surface area contributed by atoms with Crippen molar-refractivity contribution in [1.29, 1.82) is 0 Å². The van der Waals surface area contributed by atoms with Gasteiger partial charge in [-0.15, -0.1) is 0 Å². The summed E-state index contributed by atoms with van der Waals surface area (Å²) in [6, 6.07) is 0. The Hall–Kier alpha value is 0.309. The van der Waals surface area contributed by atoms with Crippen molar-refractivity contribution in [3.05, 3.63) is 0 Å². The molecule has 0 amide bonds. The normalized spacial score (nSPS) is 10.8. The van der Waals surface area contributed by atoms with Gasteiger partial charge >= 0.3 is 17.1 Å². The molecule has 1 N–H and O–H groups in total. The van der Waals surface area contributed by atoms with Crippen LogP contribution in [0.15, 0.2) is 0 Å². The molecule has 12 heavy (non-hydrogen) atoms. The first-order valence-corrected chi connectivity index (χ1v) is 3.89. The van der Waals surface area contributed by atoms with Gasteiger partial charge in [-0.1, -0.05) is 0 Å². The molecule has 0 aromatic heterocycles. The molecule has 0 radical (unpaired) electrons. The zero-order valence-corrected chi connectivity index (χ0v) is 8.67. The van der Waals surface area contributed by atoms with E-state index in [1.54, 1.807) is 20.8 Å². The van der Waals surface area contributed by atoms with E-state index < -0.39 is 16.0 Å². The summed E-state index contributed by atoms with van der Waals surface area (Å²) in [6.45, 7) is 5.31. The Morgan fingerprint density at radius 1 is 1.25 bits per heavy atom. The Morgan fingerprint density at radius 3 is 1.33 bits per heavy atom. The third-order valence-corrected chi connectivity index (χ3v) is 0.274. The molecule has 0 saturated heterocycles. The molecule has 0 atom stereocenters. The maximum Gasteiger partial charge on any atom is 2.00 e. The second kappa shape index (κ2) is 6.79. The van der Waals surface area contributed by atoms with E-state index >= 15 is 0 Å². The molecular formula is C4H10FeO6S. The van der Waals surface area contributed by atoms with E-state index in [1.807, 2.05) is 0 Å².